The quantitative estimate of drug-likeness (QED) is 0.0222. The first-order valence-corrected chi connectivity index (χ1v) is 45.7. The zero-order valence-corrected chi connectivity index (χ0v) is 69.0. The van der Waals surface area contributed by atoms with Crippen molar-refractivity contribution in [2.75, 3.05) is 39.6 Å². The summed E-state index contributed by atoms with van der Waals surface area (Å²) in [5.41, 5.74) is 0. The van der Waals surface area contributed by atoms with Gasteiger partial charge in [-0.2, -0.15) is 0 Å². The van der Waals surface area contributed by atoms with E-state index in [4.69, 9.17) is 37.0 Å². The fourth-order valence-corrected chi connectivity index (χ4v) is 14.4. The number of hydrogen-bond acceptors (Lipinski definition) is 15. The molecule has 0 spiro atoms. The Labute approximate surface area is 626 Å². The lowest BCUT2D eigenvalue weighted by Gasteiger charge is -2.21. The number of carbonyl (C=O) groups excluding carboxylic acids is 4. The predicted octanol–water partition coefficient (Wildman–Crippen LogP) is 24.8. The summed E-state index contributed by atoms with van der Waals surface area (Å²) in [4.78, 5) is 73.1. The van der Waals surface area contributed by atoms with E-state index in [1.54, 1.807) is 0 Å². The van der Waals surface area contributed by atoms with E-state index in [1.165, 1.54) is 225 Å². The van der Waals surface area contributed by atoms with Crippen LogP contribution in [0.15, 0.2) is 0 Å². The van der Waals surface area contributed by atoms with E-state index in [2.05, 4.69) is 55.4 Å². The summed E-state index contributed by atoms with van der Waals surface area (Å²) in [6, 6.07) is 0. The van der Waals surface area contributed by atoms with Crippen LogP contribution >= 0.6 is 15.6 Å². The van der Waals surface area contributed by atoms with Crippen molar-refractivity contribution in [1.29, 1.82) is 0 Å². The molecule has 17 nitrogen and oxygen atoms in total. The molecule has 102 heavy (non-hydrogen) atoms. The highest BCUT2D eigenvalue weighted by molar-refractivity contribution is 7.47. The third-order valence-corrected chi connectivity index (χ3v) is 21.2. The molecule has 0 aliphatic carbocycles. The summed E-state index contributed by atoms with van der Waals surface area (Å²) in [6.45, 7) is 14.3. The first-order chi connectivity index (χ1) is 49.1. The van der Waals surface area contributed by atoms with Crippen LogP contribution in [-0.2, 0) is 65.4 Å². The first-order valence-electron chi connectivity index (χ1n) is 42.7. The van der Waals surface area contributed by atoms with Gasteiger partial charge < -0.3 is 33.8 Å². The largest absolute Gasteiger partial charge is 0.472 e. The van der Waals surface area contributed by atoms with Crippen LogP contribution in [-0.4, -0.2) is 96.7 Å². The number of aliphatic hydroxyl groups is 1. The van der Waals surface area contributed by atoms with E-state index in [0.717, 1.165) is 114 Å². The number of hydrogen-bond donors (Lipinski definition) is 3. The Kier molecular flexibility index (Phi) is 70.6. The van der Waals surface area contributed by atoms with Crippen LogP contribution < -0.4 is 0 Å². The van der Waals surface area contributed by atoms with Crippen molar-refractivity contribution >= 4 is 39.5 Å². The van der Waals surface area contributed by atoms with Gasteiger partial charge in [-0.05, 0) is 49.4 Å². The highest BCUT2D eigenvalue weighted by Gasteiger charge is 2.30. The van der Waals surface area contributed by atoms with E-state index >= 15 is 0 Å². The summed E-state index contributed by atoms with van der Waals surface area (Å²) in [7, 11) is -9.92. The molecule has 5 atom stereocenters. The van der Waals surface area contributed by atoms with Crippen LogP contribution in [0.2, 0.25) is 0 Å². The van der Waals surface area contributed by atoms with Gasteiger partial charge in [-0.3, -0.25) is 37.3 Å². The lowest BCUT2D eigenvalue weighted by atomic mass is 10.0. The fourth-order valence-electron chi connectivity index (χ4n) is 12.8. The molecule has 0 saturated carbocycles. The summed E-state index contributed by atoms with van der Waals surface area (Å²) < 4.78 is 68.7. The number of unbranched alkanes of at least 4 members (excludes halogenated alkanes) is 46. The molecule has 0 aromatic rings. The third-order valence-electron chi connectivity index (χ3n) is 19.3. The van der Waals surface area contributed by atoms with Crippen molar-refractivity contribution in [3.8, 4) is 0 Å². The number of carbonyl (C=O) groups is 4. The highest BCUT2D eigenvalue weighted by Crippen LogP contribution is 2.45. The van der Waals surface area contributed by atoms with Crippen LogP contribution in [0.1, 0.15) is 428 Å². The van der Waals surface area contributed by atoms with Crippen LogP contribution in [0, 0.1) is 23.7 Å². The molecule has 0 fully saturated rings. The van der Waals surface area contributed by atoms with Gasteiger partial charge >= 0.3 is 39.5 Å². The number of ether oxygens (including phenoxy) is 4. The molecule has 0 amide bonds. The van der Waals surface area contributed by atoms with Gasteiger partial charge in [0.2, 0.25) is 0 Å². The predicted molar refractivity (Wildman–Crippen MR) is 418 cm³/mol. The zero-order chi connectivity index (χ0) is 75.3. The van der Waals surface area contributed by atoms with Crippen LogP contribution in [0.4, 0.5) is 0 Å². The minimum Gasteiger partial charge on any atom is -0.462 e. The molecule has 0 aromatic heterocycles. The van der Waals surface area contributed by atoms with Crippen LogP contribution in [0.5, 0.6) is 0 Å². The van der Waals surface area contributed by atoms with E-state index < -0.39 is 97.5 Å². The van der Waals surface area contributed by atoms with Crippen molar-refractivity contribution in [2.24, 2.45) is 23.7 Å². The average molecular weight is 1490 g/mol. The summed E-state index contributed by atoms with van der Waals surface area (Å²) in [6.07, 6.45) is 59.9. The van der Waals surface area contributed by atoms with Crippen molar-refractivity contribution in [3.63, 3.8) is 0 Å². The number of aliphatic hydroxyl groups excluding tert-OH is 1. The molecule has 0 heterocycles. The van der Waals surface area contributed by atoms with Crippen molar-refractivity contribution in [1.82, 2.24) is 0 Å². The monoisotopic (exact) mass is 1490 g/mol. The second-order valence-corrected chi connectivity index (χ2v) is 34.7. The molecule has 19 heteroatoms. The molecule has 606 valence electrons. The van der Waals surface area contributed by atoms with Gasteiger partial charge in [0.1, 0.15) is 19.3 Å². The number of phosphoric acid groups is 2. The fraction of sp³-hybridized carbons (Fsp3) is 0.952. The number of phosphoric ester groups is 2. The Balaban J connectivity index is 5.22. The Morgan fingerprint density at radius 1 is 0.245 bits per heavy atom. The molecule has 3 N–H and O–H groups in total. The van der Waals surface area contributed by atoms with Crippen LogP contribution in [0.3, 0.4) is 0 Å². The van der Waals surface area contributed by atoms with Gasteiger partial charge in [0.15, 0.2) is 12.2 Å². The Hall–Kier alpha value is -1.94. The molecular weight excluding hydrogens is 1330 g/mol. The van der Waals surface area contributed by atoms with E-state index in [0.29, 0.717) is 31.6 Å². The molecular formula is C83H162O17P2. The average Bonchev–Trinajstić information content (AvgIpc) is 0.914. The van der Waals surface area contributed by atoms with Gasteiger partial charge in [-0.1, -0.05) is 376 Å². The summed E-state index contributed by atoms with van der Waals surface area (Å²) in [5, 5.41) is 10.6. The van der Waals surface area contributed by atoms with Gasteiger partial charge in [0, 0.05) is 25.7 Å². The van der Waals surface area contributed by atoms with Crippen molar-refractivity contribution < 1.29 is 80.2 Å². The molecule has 0 radical (unpaired) electrons. The Bertz CT molecular complexity index is 1990. The van der Waals surface area contributed by atoms with Gasteiger partial charge in [0.05, 0.1) is 26.4 Å². The van der Waals surface area contributed by atoms with E-state index in [1.807, 2.05) is 0 Å². The minimum absolute atomic E-state index is 0.105. The van der Waals surface area contributed by atoms with E-state index in [9.17, 15) is 43.2 Å². The second kappa shape index (κ2) is 72.0. The highest BCUT2D eigenvalue weighted by atomic mass is 31.2. The first kappa shape index (κ1) is 100. The van der Waals surface area contributed by atoms with Gasteiger partial charge in [0.25, 0.3) is 0 Å². The number of rotatable bonds is 80. The van der Waals surface area contributed by atoms with E-state index in [-0.39, 0.29) is 25.7 Å². The molecule has 0 aromatic carbocycles. The van der Waals surface area contributed by atoms with Gasteiger partial charge in [-0.25, -0.2) is 9.13 Å². The minimum atomic E-state index is -4.96. The summed E-state index contributed by atoms with van der Waals surface area (Å²) in [5.74, 6) is 0.970. The molecule has 0 bridgehead atoms. The smallest absolute Gasteiger partial charge is 0.462 e. The molecule has 0 rings (SSSR count). The molecule has 0 aliphatic rings. The third kappa shape index (κ3) is 76.3. The molecule has 0 saturated heterocycles. The molecule has 0 aliphatic heterocycles. The maximum Gasteiger partial charge on any atom is 0.472 e. The lowest BCUT2D eigenvalue weighted by molar-refractivity contribution is -0.161. The normalized spacial score (nSPS) is 14.0. The number of esters is 4. The topological polar surface area (TPSA) is 237 Å². The zero-order valence-electron chi connectivity index (χ0n) is 67.2. The SMILES string of the molecule is CC(C)CCCCCCCCCCCCCCCCCCCCC(=O)OC[C@H](COP(=O)(O)OCC(O)COP(=O)(O)OC[C@@H](COC(=O)CCCCCCCCCC(C)C)OC(=O)CCCCCCCCCCCCC(C)C)OC(=O)CCCCCCCCCCCCCCCCCC(C)C. The standard InChI is InChI=1S/C83H162O17P2/c1-73(2)59-51-43-35-28-22-18-14-11-9-10-12-16-20-24-31-39-47-55-63-80(85)93-69-78(99-82(87)65-57-49-40-32-25-21-17-13-15-19-23-29-36-44-52-60-74(3)4)71-97-101(89,90)95-67-77(84)68-96-102(91,92)98-72-79(70-94-81(86)64-56-48-42-34-38-46-54-62-76(7)8)100-83(88)66-58-50-41-33-27-26-30-37-45-53-61-75(5)6/h73-79,84H,9-72H2,1-8H3,(H,89,90)(H,91,92)/t77?,78-,79-/m1/s1. The maximum absolute atomic E-state index is 13.1. The lowest BCUT2D eigenvalue weighted by Crippen LogP contribution is -2.30. The Morgan fingerprint density at radius 2 is 0.412 bits per heavy atom. The van der Waals surface area contributed by atoms with Crippen molar-refractivity contribution in [2.45, 2.75) is 446 Å². The van der Waals surface area contributed by atoms with Crippen molar-refractivity contribution in [3.05, 3.63) is 0 Å². The Morgan fingerprint density at radius 3 is 0.608 bits per heavy atom. The van der Waals surface area contributed by atoms with Crippen LogP contribution in [0.25, 0.3) is 0 Å². The summed E-state index contributed by atoms with van der Waals surface area (Å²) >= 11 is 0. The maximum atomic E-state index is 13.1. The van der Waals surface area contributed by atoms with Gasteiger partial charge in [-0.15, -0.1) is 0 Å². The second-order valence-electron chi connectivity index (χ2n) is 31.8. The molecule has 3 unspecified atom stereocenters.